The summed E-state index contributed by atoms with van der Waals surface area (Å²) in [5.74, 6) is -2.75. The van der Waals surface area contributed by atoms with Gasteiger partial charge < -0.3 is 23.8 Å². The van der Waals surface area contributed by atoms with Crippen molar-refractivity contribution < 1.29 is 55.0 Å². The van der Waals surface area contributed by atoms with Gasteiger partial charge in [0.15, 0.2) is 22.0 Å². The van der Waals surface area contributed by atoms with Crippen LogP contribution in [0.4, 0.5) is 4.79 Å². The molecule has 0 saturated carbocycles. The molecule has 0 aliphatic carbocycles. The second kappa shape index (κ2) is 11.7. The fourth-order valence-corrected chi connectivity index (χ4v) is 7.83. The van der Waals surface area contributed by atoms with Crippen molar-refractivity contribution in [2.24, 2.45) is 5.14 Å². The van der Waals surface area contributed by atoms with Crippen molar-refractivity contribution in [1.29, 1.82) is 0 Å². The summed E-state index contributed by atoms with van der Waals surface area (Å²) in [5, 5.41) is 4.24. The van der Waals surface area contributed by atoms with Crippen LogP contribution in [0.2, 0.25) is 0 Å². The van der Waals surface area contributed by atoms with E-state index in [2.05, 4.69) is 4.74 Å². The summed E-state index contributed by atoms with van der Waals surface area (Å²) in [5.41, 5.74) is 0.102. The molecule has 1 aliphatic heterocycles. The molecule has 17 heteroatoms. The maximum atomic E-state index is 12.8. The van der Waals surface area contributed by atoms with Crippen molar-refractivity contribution in [3.63, 3.8) is 0 Å². The Morgan fingerprint density at radius 1 is 1.14 bits per heavy atom. The van der Waals surface area contributed by atoms with Crippen LogP contribution in [-0.2, 0) is 53.2 Å². The molecule has 208 valence electrons. The van der Waals surface area contributed by atoms with Crippen LogP contribution in [0, 0.1) is 0 Å². The van der Waals surface area contributed by atoms with Crippen LogP contribution in [0.1, 0.15) is 52.6 Å². The Labute approximate surface area is 217 Å². The van der Waals surface area contributed by atoms with Gasteiger partial charge in [0, 0.05) is 19.0 Å². The maximum absolute atomic E-state index is 12.8. The van der Waals surface area contributed by atoms with Crippen LogP contribution in [0.25, 0.3) is 0 Å². The van der Waals surface area contributed by atoms with Crippen molar-refractivity contribution in [3.05, 3.63) is 11.6 Å². The number of rotatable bonds is 9. The molecule has 1 aromatic rings. The van der Waals surface area contributed by atoms with E-state index in [1.54, 1.807) is 6.92 Å². The third kappa shape index (κ3) is 7.18. The summed E-state index contributed by atoms with van der Waals surface area (Å²) in [6.07, 6.45) is -3.65. The van der Waals surface area contributed by atoms with Crippen LogP contribution in [0.15, 0.2) is 14.5 Å². The lowest BCUT2D eigenvalue weighted by Gasteiger charge is -2.35. The minimum atomic E-state index is -4.19. The molecule has 37 heavy (non-hydrogen) atoms. The third-order valence-electron chi connectivity index (χ3n) is 5.32. The van der Waals surface area contributed by atoms with Gasteiger partial charge in [-0.2, -0.15) is 0 Å². The number of nitrogens with zero attached hydrogens (tertiary/aromatic N) is 1. The van der Waals surface area contributed by atoms with Crippen molar-refractivity contribution >= 4 is 55.2 Å². The Bertz CT molecular complexity index is 1270. The van der Waals surface area contributed by atoms with Gasteiger partial charge in [-0.05, 0) is 40.2 Å². The highest BCUT2D eigenvalue weighted by Crippen LogP contribution is 2.45. The van der Waals surface area contributed by atoms with Gasteiger partial charge >= 0.3 is 24.0 Å². The molecule has 2 rings (SSSR count). The number of sulfonamides is 1. The number of primary sulfonamides is 1. The first-order valence-electron chi connectivity index (χ1n) is 10.9. The third-order valence-corrected chi connectivity index (χ3v) is 10.6. The van der Waals surface area contributed by atoms with Crippen molar-refractivity contribution in [3.8, 4) is 0 Å². The van der Waals surface area contributed by atoms with Gasteiger partial charge in [-0.3, -0.25) is 4.79 Å². The summed E-state index contributed by atoms with van der Waals surface area (Å²) in [7, 11) is -8.03. The quantitative estimate of drug-likeness (QED) is 0.244. The number of esters is 3. The average molecular weight is 585 g/mol. The number of carbonyl (C=O) groups excluding carboxylic acids is 4. The summed E-state index contributed by atoms with van der Waals surface area (Å²) in [6, 6.07) is 0.280. The van der Waals surface area contributed by atoms with E-state index in [0.29, 0.717) is 11.3 Å². The van der Waals surface area contributed by atoms with Crippen molar-refractivity contribution in [2.75, 3.05) is 13.3 Å². The number of hydrogen-bond acceptors (Lipinski definition) is 13. The van der Waals surface area contributed by atoms with Gasteiger partial charge in [-0.1, -0.05) is 0 Å². The monoisotopic (exact) mass is 584 g/mol. The zero-order valence-corrected chi connectivity index (χ0v) is 23.1. The Kier molecular flexibility index (Phi) is 9.67. The average Bonchev–Trinajstić information content (AvgIpc) is 3.24. The van der Waals surface area contributed by atoms with Crippen LogP contribution in [0.5, 0.6) is 0 Å². The second-order valence-corrected chi connectivity index (χ2v) is 13.5. The van der Waals surface area contributed by atoms with E-state index in [1.807, 2.05) is 0 Å². The number of sulfone groups is 1. The highest BCUT2D eigenvalue weighted by atomic mass is 32.3. The zero-order chi connectivity index (χ0) is 28.3. The summed E-state index contributed by atoms with van der Waals surface area (Å²) in [6.45, 7) is 5.78. The van der Waals surface area contributed by atoms with E-state index < -0.39 is 74.2 Å². The SMILES string of the molecule is CCN(C(=O)OCOC(=O)[C@H](C)OC(=O)[C@H](C)OC(C)=O)[C@H]1C[C@H](C)S(=O)(=O)c2sc(S(N)(=O)=O)cc21. The van der Waals surface area contributed by atoms with Gasteiger partial charge in [0.2, 0.25) is 16.8 Å². The lowest BCUT2D eigenvalue weighted by Crippen LogP contribution is -2.41. The molecule has 2 heterocycles. The van der Waals surface area contributed by atoms with E-state index in [0.717, 1.165) is 13.0 Å². The maximum Gasteiger partial charge on any atom is 0.413 e. The minimum Gasteiger partial charge on any atom is -0.451 e. The smallest absolute Gasteiger partial charge is 0.413 e. The molecule has 0 bridgehead atoms. The number of hydrogen-bond donors (Lipinski definition) is 1. The van der Waals surface area contributed by atoms with Gasteiger partial charge in [0.1, 0.15) is 8.42 Å². The number of fused-ring (bicyclic) bond motifs is 1. The number of nitrogens with two attached hydrogens (primary N) is 1. The molecule has 0 aromatic carbocycles. The van der Waals surface area contributed by atoms with E-state index in [9.17, 15) is 36.0 Å². The van der Waals surface area contributed by atoms with Crippen LogP contribution >= 0.6 is 11.3 Å². The predicted octanol–water partition coefficient (Wildman–Crippen LogP) is 0.845. The molecule has 14 nitrogen and oxygen atoms in total. The molecule has 1 aromatic heterocycles. The molecule has 1 aliphatic rings. The molecule has 2 N–H and O–H groups in total. The first kappa shape index (κ1) is 30.5. The number of ether oxygens (including phenoxy) is 4. The van der Waals surface area contributed by atoms with E-state index >= 15 is 0 Å². The Hall–Kier alpha value is -2.76. The fraction of sp³-hybridized carbons (Fsp3) is 0.600. The second-order valence-electron chi connectivity index (χ2n) is 8.07. The summed E-state index contributed by atoms with van der Waals surface area (Å²) >= 11 is 0.513. The molecule has 0 fully saturated rings. The standard InChI is InChI=1S/C20H28N2O12S3/c1-6-22(15-7-10(2)36(27,28)19-14(15)8-16(35-19)37(21,29)30)20(26)32-9-31-17(24)11(3)34-18(25)12(4)33-13(5)23/h8,10-12,15H,6-7,9H2,1-5H3,(H2,21,29,30)/t10-,11-,12-,15-/m0/s1. The summed E-state index contributed by atoms with van der Waals surface area (Å²) in [4.78, 5) is 48.7. The molecule has 4 atom stereocenters. The Morgan fingerprint density at radius 3 is 2.27 bits per heavy atom. The normalized spacial score (nSPS) is 20.1. The van der Waals surface area contributed by atoms with E-state index in [-0.39, 0.29) is 26.9 Å². The molecule has 1 amide bonds. The predicted molar refractivity (Wildman–Crippen MR) is 126 cm³/mol. The van der Waals surface area contributed by atoms with Gasteiger partial charge in [0.05, 0.1) is 11.3 Å². The van der Waals surface area contributed by atoms with Gasteiger partial charge in [0.25, 0.3) is 0 Å². The molecule has 0 spiro atoms. The first-order valence-corrected chi connectivity index (χ1v) is 14.8. The molecular weight excluding hydrogens is 556 g/mol. The lowest BCUT2D eigenvalue weighted by molar-refractivity contribution is -0.179. The first-order chi connectivity index (χ1) is 17.0. The van der Waals surface area contributed by atoms with E-state index in [1.165, 1.54) is 25.7 Å². The van der Waals surface area contributed by atoms with Crippen LogP contribution < -0.4 is 5.14 Å². The molecule has 0 saturated heterocycles. The highest BCUT2D eigenvalue weighted by Gasteiger charge is 2.43. The molecular formula is C20H28N2O12S3. The molecule has 0 radical (unpaired) electrons. The van der Waals surface area contributed by atoms with Crippen molar-refractivity contribution in [2.45, 2.75) is 73.0 Å². The van der Waals surface area contributed by atoms with Gasteiger partial charge in [-0.15, -0.1) is 11.3 Å². The van der Waals surface area contributed by atoms with Crippen LogP contribution in [0.3, 0.4) is 0 Å². The largest absolute Gasteiger partial charge is 0.451 e. The van der Waals surface area contributed by atoms with Crippen molar-refractivity contribution in [1.82, 2.24) is 4.90 Å². The van der Waals surface area contributed by atoms with Crippen LogP contribution in [-0.4, -0.2) is 76.5 Å². The zero-order valence-electron chi connectivity index (χ0n) is 20.7. The lowest BCUT2D eigenvalue weighted by atomic mass is 10.0. The Morgan fingerprint density at radius 2 is 1.73 bits per heavy atom. The number of thiophene rings is 1. The number of amides is 1. The number of carbonyl (C=O) groups is 4. The molecule has 0 unspecified atom stereocenters. The fourth-order valence-electron chi connectivity index (χ4n) is 3.44. The van der Waals surface area contributed by atoms with Gasteiger partial charge in [-0.25, -0.2) is 36.4 Å². The Balaban J connectivity index is 2.08. The topological polar surface area (TPSA) is 203 Å². The summed E-state index contributed by atoms with van der Waals surface area (Å²) < 4.78 is 67.9. The van der Waals surface area contributed by atoms with E-state index in [4.69, 9.17) is 19.3 Å². The minimum absolute atomic E-state index is 0.0354. The highest BCUT2D eigenvalue weighted by molar-refractivity contribution is 7.95.